The Kier molecular flexibility index (Phi) is 16.2. The van der Waals surface area contributed by atoms with E-state index in [0.29, 0.717) is 13.1 Å². The van der Waals surface area contributed by atoms with Crippen LogP contribution < -0.4 is 9.47 Å². The third-order valence-electron chi connectivity index (χ3n) is 6.38. The number of likely N-dealkylation sites (N-methyl/N-ethyl adjacent to an activating group) is 1. The van der Waals surface area contributed by atoms with Gasteiger partial charge in [-0.05, 0) is 64.1 Å². The van der Waals surface area contributed by atoms with E-state index in [1.54, 1.807) is 12.0 Å². The number of amides is 2. The lowest BCUT2D eigenvalue weighted by atomic mass is 10.1. The van der Waals surface area contributed by atoms with Gasteiger partial charge in [-0.2, -0.15) is 0 Å². The molecule has 0 aromatic heterocycles. The summed E-state index contributed by atoms with van der Waals surface area (Å²) in [5.41, 5.74) is 1.03. The van der Waals surface area contributed by atoms with E-state index < -0.39 is 0 Å². The fraction of sp³-hybridized carbons (Fsp3) is 0.382. The van der Waals surface area contributed by atoms with Crippen molar-refractivity contribution in [2.45, 2.75) is 39.8 Å². The molecule has 2 aliphatic heterocycles. The molecular weight excluding hydrogens is 599 g/mol. The Bertz CT molecular complexity index is 1270. The highest BCUT2D eigenvalue weighted by Gasteiger charge is 2.24. The lowest BCUT2D eigenvalue weighted by molar-refractivity contribution is -0.141. The van der Waals surface area contributed by atoms with E-state index in [4.69, 9.17) is 32.7 Å². The number of ether oxygens (including phenoxy) is 2. The first kappa shape index (κ1) is 36.4. The van der Waals surface area contributed by atoms with Crippen LogP contribution >= 0.6 is 23.2 Å². The molecule has 3 aromatic rings. The van der Waals surface area contributed by atoms with Gasteiger partial charge in [-0.3, -0.25) is 14.6 Å². The number of hydrogen-bond donors (Lipinski definition) is 0. The molecular formula is C34H44Cl2N4O4. The standard InChI is InChI=1S/C14H20N2O2.C8H14N2O2.2C6H5Cl/c1-10(2)18-13-9-11(17-4)5-6-12(13)14-15-7-8-16(14)3;1-7(2)10-4-3-9(6-11)5-8(10)12;2*7-6-4-2-1-3-5-6/h5-6,9-10H,7-8H2,1-4H3;6-7H,3-5H2,1-2H3;2*1-5H. The summed E-state index contributed by atoms with van der Waals surface area (Å²) >= 11 is 11.1. The number of carbonyl (C=O) groups excluding carboxylic acids is 2. The molecule has 0 radical (unpaired) electrons. The summed E-state index contributed by atoms with van der Waals surface area (Å²) in [6.45, 7) is 11.4. The molecule has 0 saturated carbocycles. The zero-order chi connectivity index (χ0) is 32.5. The molecule has 2 aliphatic rings. The number of carbonyl (C=O) groups is 2. The summed E-state index contributed by atoms with van der Waals surface area (Å²) in [6.07, 6.45) is 0.860. The van der Waals surface area contributed by atoms with Gasteiger partial charge in [-0.15, -0.1) is 0 Å². The summed E-state index contributed by atoms with van der Waals surface area (Å²) in [5, 5.41) is 1.59. The third kappa shape index (κ3) is 12.9. The Hall–Kier alpha value is -3.75. The highest BCUT2D eigenvalue weighted by Crippen LogP contribution is 2.28. The number of nitrogens with zero attached hydrogens (tertiary/aromatic N) is 4. The Balaban J connectivity index is 0.000000223. The molecule has 8 nitrogen and oxygen atoms in total. The molecule has 3 aromatic carbocycles. The van der Waals surface area contributed by atoms with Gasteiger partial charge in [0.25, 0.3) is 0 Å². The maximum Gasteiger partial charge on any atom is 0.242 e. The molecule has 1 fully saturated rings. The summed E-state index contributed by atoms with van der Waals surface area (Å²) in [7, 11) is 3.71. The summed E-state index contributed by atoms with van der Waals surface area (Å²) in [5.74, 6) is 2.67. The second kappa shape index (κ2) is 19.5. The highest BCUT2D eigenvalue weighted by atomic mass is 35.5. The minimum atomic E-state index is 0.0448. The Morgan fingerprint density at radius 2 is 1.45 bits per heavy atom. The molecule has 2 amide bonds. The number of hydrogen-bond acceptors (Lipinski definition) is 6. The maximum atomic E-state index is 11.3. The number of aliphatic imine (C=N–C) groups is 1. The van der Waals surface area contributed by atoms with Crippen molar-refractivity contribution in [3.05, 3.63) is 94.5 Å². The number of amidine groups is 1. The van der Waals surface area contributed by atoms with Crippen LogP contribution in [0, 0.1) is 0 Å². The van der Waals surface area contributed by atoms with Crippen LogP contribution in [0.3, 0.4) is 0 Å². The van der Waals surface area contributed by atoms with Gasteiger partial charge in [0.2, 0.25) is 12.3 Å². The molecule has 1 saturated heterocycles. The molecule has 44 heavy (non-hydrogen) atoms. The zero-order valence-corrected chi connectivity index (χ0v) is 28.0. The quantitative estimate of drug-likeness (QED) is 0.285. The van der Waals surface area contributed by atoms with Crippen molar-refractivity contribution in [1.82, 2.24) is 14.7 Å². The van der Waals surface area contributed by atoms with Crippen LogP contribution in [-0.4, -0.2) is 91.9 Å². The van der Waals surface area contributed by atoms with Crippen LogP contribution in [0.5, 0.6) is 11.5 Å². The smallest absolute Gasteiger partial charge is 0.242 e. The van der Waals surface area contributed by atoms with Crippen molar-refractivity contribution in [2.75, 3.05) is 46.9 Å². The molecule has 0 aliphatic carbocycles. The monoisotopic (exact) mass is 642 g/mol. The average molecular weight is 644 g/mol. The molecule has 5 rings (SSSR count). The summed E-state index contributed by atoms with van der Waals surface area (Å²) in [6, 6.07) is 25.0. The Morgan fingerprint density at radius 1 is 0.864 bits per heavy atom. The van der Waals surface area contributed by atoms with E-state index in [1.165, 1.54) is 4.90 Å². The zero-order valence-electron chi connectivity index (χ0n) is 26.5. The van der Waals surface area contributed by atoms with Gasteiger partial charge in [0.05, 0.1) is 31.9 Å². The highest BCUT2D eigenvalue weighted by molar-refractivity contribution is 6.30. The van der Waals surface area contributed by atoms with Gasteiger partial charge in [-0.25, -0.2) is 0 Å². The number of piperazine rings is 1. The molecule has 0 atom stereocenters. The van der Waals surface area contributed by atoms with E-state index in [-0.39, 0.29) is 24.6 Å². The number of methoxy groups -OCH3 is 1. The van der Waals surface area contributed by atoms with Gasteiger partial charge in [-0.1, -0.05) is 59.6 Å². The molecule has 238 valence electrons. The van der Waals surface area contributed by atoms with Gasteiger partial charge < -0.3 is 24.2 Å². The van der Waals surface area contributed by atoms with E-state index >= 15 is 0 Å². The first-order valence-electron chi connectivity index (χ1n) is 14.6. The molecule has 0 N–H and O–H groups in total. The number of benzene rings is 3. The number of rotatable bonds is 6. The average Bonchev–Trinajstić information content (AvgIpc) is 3.43. The topological polar surface area (TPSA) is 74.7 Å². The van der Waals surface area contributed by atoms with Gasteiger partial charge >= 0.3 is 0 Å². The largest absolute Gasteiger partial charge is 0.497 e. The molecule has 0 unspecified atom stereocenters. The minimum absolute atomic E-state index is 0.0448. The van der Waals surface area contributed by atoms with Crippen molar-refractivity contribution in [2.24, 2.45) is 4.99 Å². The van der Waals surface area contributed by atoms with Crippen LogP contribution in [0.1, 0.15) is 33.3 Å². The summed E-state index contributed by atoms with van der Waals surface area (Å²) < 4.78 is 11.1. The molecule has 0 bridgehead atoms. The normalized spacial score (nSPS) is 14.0. The van der Waals surface area contributed by atoms with Crippen molar-refractivity contribution < 1.29 is 19.1 Å². The van der Waals surface area contributed by atoms with Crippen LogP contribution in [0.2, 0.25) is 10.0 Å². The predicted molar refractivity (Wildman–Crippen MR) is 180 cm³/mol. The lowest BCUT2D eigenvalue weighted by Gasteiger charge is -2.34. The fourth-order valence-electron chi connectivity index (χ4n) is 4.16. The van der Waals surface area contributed by atoms with Crippen LogP contribution in [-0.2, 0) is 9.59 Å². The van der Waals surface area contributed by atoms with Gasteiger partial charge in [0.15, 0.2) is 0 Å². The SMILES string of the molecule is CC(C)N1CCN(C=O)CC1=O.COc1ccc(C2=NCCN2C)c(OC(C)C)c1.Clc1ccccc1.Clc1ccccc1. The van der Waals surface area contributed by atoms with Crippen molar-refractivity contribution in [3.8, 4) is 11.5 Å². The molecule has 2 heterocycles. The van der Waals surface area contributed by atoms with E-state index in [1.807, 2.05) is 107 Å². The van der Waals surface area contributed by atoms with Crippen molar-refractivity contribution in [1.29, 1.82) is 0 Å². The first-order chi connectivity index (χ1) is 21.0. The van der Waals surface area contributed by atoms with Gasteiger partial charge in [0, 0.05) is 48.8 Å². The van der Waals surface area contributed by atoms with Crippen molar-refractivity contribution in [3.63, 3.8) is 0 Å². The Morgan fingerprint density at radius 3 is 1.84 bits per heavy atom. The van der Waals surface area contributed by atoms with E-state index in [2.05, 4.69) is 16.9 Å². The molecule has 10 heteroatoms. The second-order valence-corrected chi connectivity index (χ2v) is 11.4. The first-order valence-corrected chi connectivity index (χ1v) is 15.3. The van der Waals surface area contributed by atoms with E-state index in [9.17, 15) is 9.59 Å². The van der Waals surface area contributed by atoms with Crippen LogP contribution in [0.4, 0.5) is 0 Å². The minimum Gasteiger partial charge on any atom is -0.497 e. The third-order valence-corrected chi connectivity index (χ3v) is 6.88. The van der Waals surface area contributed by atoms with Crippen LogP contribution in [0.25, 0.3) is 0 Å². The Labute approximate surface area is 272 Å². The summed E-state index contributed by atoms with van der Waals surface area (Å²) in [4.78, 5) is 31.6. The van der Waals surface area contributed by atoms with E-state index in [0.717, 1.165) is 52.4 Å². The molecule has 0 spiro atoms. The fourth-order valence-corrected chi connectivity index (χ4v) is 4.45. The maximum absolute atomic E-state index is 11.3. The number of halogens is 2. The van der Waals surface area contributed by atoms with Crippen LogP contribution in [0.15, 0.2) is 83.9 Å². The second-order valence-electron chi connectivity index (χ2n) is 10.5. The van der Waals surface area contributed by atoms with Gasteiger partial charge in [0.1, 0.15) is 17.3 Å². The lowest BCUT2D eigenvalue weighted by Crippen LogP contribution is -2.52. The predicted octanol–water partition coefficient (Wildman–Crippen LogP) is 6.55. The van der Waals surface area contributed by atoms with Crippen molar-refractivity contribution >= 4 is 41.4 Å².